The van der Waals surface area contributed by atoms with Crippen LogP contribution in [0.1, 0.15) is 25.3 Å². The van der Waals surface area contributed by atoms with Crippen LogP contribution < -0.4 is 9.47 Å². The normalized spacial score (nSPS) is 22.9. The third-order valence-electron chi connectivity index (χ3n) is 4.70. The van der Waals surface area contributed by atoms with Crippen molar-refractivity contribution in [3.8, 4) is 11.5 Å². The first-order valence-electron chi connectivity index (χ1n) is 8.04. The fourth-order valence-electron chi connectivity index (χ4n) is 3.18. The number of carboxylic acids is 1. The highest BCUT2D eigenvalue weighted by Gasteiger charge is 2.34. The molecule has 0 spiro atoms. The average Bonchev–Trinajstić information content (AvgIpc) is 2.60. The molecule has 0 bridgehead atoms. The van der Waals surface area contributed by atoms with E-state index in [1.807, 2.05) is 25.1 Å². The topological polar surface area (TPSA) is 76.1 Å². The molecule has 1 fully saturated rings. The lowest BCUT2D eigenvalue weighted by atomic mass is 9.92. The van der Waals surface area contributed by atoms with Gasteiger partial charge in [0.15, 0.2) is 0 Å². The van der Waals surface area contributed by atoms with Gasteiger partial charge in [0.25, 0.3) is 5.91 Å². The summed E-state index contributed by atoms with van der Waals surface area (Å²) in [7, 11) is 1.59. The molecule has 3 rings (SSSR count). The van der Waals surface area contributed by atoms with E-state index in [1.165, 1.54) is 0 Å². The van der Waals surface area contributed by atoms with E-state index in [4.69, 9.17) is 9.47 Å². The van der Waals surface area contributed by atoms with E-state index >= 15 is 0 Å². The summed E-state index contributed by atoms with van der Waals surface area (Å²) in [5.74, 6) is -0.0877. The lowest BCUT2D eigenvalue weighted by Crippen LogP contribution is -2.48. The monoisotopic (exact) mass is 331 g/mol. The summed E-state index contributed by atoms with van der Waals surface area (Å²) in [6.07, 6.45) is 3.11. The number of rotatable bonds is 3. The quantitative estimate of drug-likeness (QED) is 0.919. The van der Waals surface area contributed by atoms with Crippen molar-refractivity contribution in [3.05, 3.63) is 29.3 Å². The molecule has 6 heteroatoms. The second-order valence-corrected chi connectivity index (χ2v) is 6.28. The number of amides is 1. The summed E-state index contributed by atoms with van der Waals surface area (Å²) in [5.41, 5.74) is 1.33. The number of carbonyl (C=O) groups is 2. The first-order valence-corrected chi connectivity index (χ1v) is 8.04. The van der Waals surface area contributed by atoms with Gasteiger partial charge in [0.1, 0.15) is 18.1 Å². The molecule has 0 saturated carbocycles. The lowest BCUT2D eigenvalue weighted by molar-refractivity contribution is -0.146. The average molecular weight is 331 g/mol. The van der Waals surface area contributed by atoms with Crippen molar-refractivity contribution in [2.75, 3.05) is 20.3 Å². The maximum atomic E-state index is 12.8. The van der Waals surface area contributed by atoms with Crippen molar-refractivity contribution >= 4 is 18.0 Å². The van der Waals surface area contributed by atoms with Gasteiger partial charge >= 0.3 is 5.97 Å². The van der Waals surface area contributed by atoms with E-state index in [9.17, 15) is 14.7 Å². The van der Waals surface area contributed by atoms with Gasteiger partial charge in [-0.3, -0.25) is 9.59 Å². The number of carbonyl (C=O) groups excluding carboxylic acids is 1. The first-order chi connectivity index (χ1) is 11.5. The van der Waals surface area contributed by atoms with Crippen LogP contribution in [0.2, 0.25) is 0 Å². The van der Waals surface area contributed by atoms with Crippen LogP contribution in [0, 0.1) is 5.92 Å². The van der Waals surface area contributed by atoms with Gasteiger partial charge in [-0.05, 0) is 44.0 Å². The minimum atomic E-state index is -0.844. The summed E-state index contributed by atoms with van der Waals surface area (Å²) in [5, 5.41) is 9.23. The molecule has 2 atom stereocenters. The van der Waals surface area contributed by atoms with Crippen molar-refractivity contribution < 1.29 is 24.2 Å². The number of carboxylic acid groups (broad SMARTS) is 1. The Balaban J connectivity index is 1.83. The Morgan fingerprint density at radius 1 is 1.33 bits per heavy atom. The number of likely N-dealkylation sites (tertiary alicyclic amines) is 1. The van der Waals surface area contributed by atoms with E-state index < -0.39 is 11.9 Å². The highest BCUT2D eigenvalue weighted by molar-refractivity contribution is 5.99. The van der Waals surface area contributed by atoms with E-state index in [2.05, 4.69) is 0 Å². The Hall–Kier alpha value is -2.50. The fraction of sp³-hybridized carbons (Fsp3) is 0.444. The number of hydrogen-bond donors (Lipinski definition) is 1. The maximum absolute atomic E-state index is 12.8. The van der Waals surface area contributed by atoms with Crippen LogP contribution in [0.3, 0.4) is 0 Å². The molecule has 1 aromatic rings. The molecule has 1 N–H and O–H groups in total. The predicted octanol–water partition coefficient (Wildman–Crippen LogP) is 2.18. The third-order valence-corrected chi connectivity index (χ3v) is 4.70. The van der Waals surface area contributed by atoms with Gasteiger partial charge in [0, 0.05) is 18.2 Å². The second kappa shape index (κ2) is 6.55. The molecule has 2 aliphatic heterocycles. The fourth-order valence-corrected chi connectivity index (χ4v) is 3.18. The lowest BCUT2D eigenvalue weighted by Gasteiger charge is -2.37. The SMILES string of the molecule is COc1ccc2c(c1)C=C(C(=O)N1CC(C(=O)O)CCC1C)CO2. The highest BCUT2D eigenvalue weighted by Crippen LogP contribution is 2.31. The van der Waals surface area contributed by atoms with Crippen LogP contribution in [0.5, 0.6) is 11.5 Å². The van der Waals surface area contributed by atoms with Gasteiger partial charge < -0.3 is 19.5 Å². The summed E-state index contributed by atoms with van der Waals surface area (Å²) >= 11 is 0. The van der Waals surface area contributed by atoms with Crippen LogP contribution in [0.15, 0.2) is 23.8 Å². The number of aliphatic carboxylic acids is 1. The van der Waals surface area contributed by atoms with Gasteiger partial charge in [0.05, 0.1) is 18.6 Å². The maximum Gasteiger partial charge on any atom is 0.308 e. The summed E-state index contributed by atoms with van der Waals surface area (Å²) in [4.78, 5) is 25.8. The van der Waals surface area contributed by atoms with Gasteiger partial charge in [-0.15, -0.1) is 0 Å². The van der Waals surface area contributed by atoms with E-state index in [1.54, 1.807) is 18.1 Å². The van der Waals surface area contributed by atoms with E-state index in [-0.39, 0.29) is 25.1 Å². The molecule has 0 aromatic heterocycles. The number of ether oxygens (including phenoxy) is 2. The number of benzene rings is 1. The zero-order valence-electron chi connectivity index (χ0n) is 13.8. The molecule has 1 aromatic carbocycles. The molecule has 2 unspecified atom stereocenters. The molecule has 1 amide bonds. The molecule has 128 valence electrons. The third kappa shape index (κ3) is 3.09. The zero-order chi connectivity index (χ0) is 17.3. The van der Waals surface area contributed by atoms with Crippen LogP contribution in [-0.2, 0) is 9.59 Å². The second-order valence-electron chi connectivity index (χ2n) is 6.28. The van der Waals surface area contributed by atoms with Crippen molar-refractivity contribution in [1.82, 2.24) is 4.90 Å². The molecular formula is C18H21NO5. The molecule has 0 radical (unpaired) electrons. The van der Waals surface area contributed by atoms with Crippen molar-refractivity contribution in [2.24, 2.45) is 5.92 Å². The number of nitrogens with zero attached hydrogens (tertiary/aromatic N) is 1. The van der Waals surface area contributed by atoms with Crippen LogP contribution >= 0.6 is 0 Å². The van der Waals surface area contributed by atoms with Gasteiger partial charge in [-0.1, -0.05) is 0 Å². The van der Waals surface area contributed by atoms with Gasteiger partial charge in [-0.2, -0.15) is 0 Å². The van der Waals surface area contributed by atoms with E-state index in [0.29, 0.717) is 29.9 Å². The minimum absolute atomic E-state index is 0.0284. The molecule has 0 aliphatic carbocycles. The van der Waals surface area contributed by atoms with Crippen LogP contribution in [0.4, 0.5) is 0 Å². The molecule has 1 saturated heterocycles. The van der Waals surface area contributed by atoms with E-state index in [0.717, 1.165) is 5.56 Å². The van der Waals surface area contributed by atoms with Crippen LogP contribution in [-0.4, -0.2) is 48.2 Å². The Morgan fingerprint density at radius 2 is 2.12 bits per heavy atom. The highest BCUT2D eigenvalue weighted by atomic mass is 16.5. The Bertz CT molecular complexity index is 697. The molecular weight excluding hydrogens is 310 g/mol. The zero-order valence-corrected chi connectivity index (χ0v) is 13.8. The molecule has 6 nitrogen and oxygen atoms in total. The number of fused-ring (bicyclic) bond motifs is 1. The van der Waals surface area contributed by atoms with Crippen molar-refractivity contribution in [2.45, 2.75) is 25.8 Å². The summed E-state index contributed by atoms with van der Waals surface area (Å²) in [6.45, 7) is 2.40. The number of hydrogen-bond acceptors (Lipinski definition) is 4. The van der Waals surface area contributed by atoms with Crippen molar-refractivity contribution in [1.29, 1.82) is 0 Å². The first kappa shape index (κ1) is 16.4. The van der Waals surface area contributed by atoms with Crippen LogP contribution in [0.25, 0.3) is 6.08 Å². The Kier molecular flexibility index (Phi) is 4.46. The minimum Gasteiger partial charge on any atom is -0.497 e. The van der Waals surface area contributed by atoms with Crippen molar-refractivity contribution in [3.63, 3.8) is 0 Å². The largest absolute Gasteiger partial charge is 0.497 e. The molecule has 2 aliphatic rings. The van der Waals surface area contributed by atoms with Gasteiger partial charge in [0.2, 0.25) is 0 Å². The smallest absolute Gasteiger partial charge is 0.308 e. The summed E-state index contributed by atoms with van der Waals surface area (Å²) < 4.78 is 10.9. The standard InChI is InChI=1S/C18H21NO5/c1-11-3-4-12(18(21)22)9-19(11)17(20)14-7-13-8-15(23-2)5-6-16(13)24-10-14/h5-8,11-12H,3-4,9-10H2,1-2H3,(H,21,22). The summed E-state index contributed by atoms with van der Waals surface area (Å²) in [6, 6.07) is 5.47. The van der Waals surface area contributed by atoms with Gasteiger partial charge in [-0.25, -0.2) is 0 Å². The molecule has 2 heterocycles. The predicted molar refractivity (Wildman–Crippen MR) is 88.0 cm³/mol. The number of piperidine rings is 1. The Labute approximate surface area is 140 Å². The Morgan fingerprint density at radius 3 is 2.83 bits per heavy atom. The molecule has 24 heavy (non-hydrogen) atoms. The number of methoxy groups -OCH3 is 1.